The van der Waals surface area contributed by atoms with Crippen LogP contribution in [0.2, 0.25) is 0 Å². The maximum Gasteiger partial charge on any atom is 0.0482 e. The Kier molecular flexibility index (Phi) is 3.07. The Morgan fingerprint density at radius 2 is 2.07 bits per heavy atom. The van der Waals surface area contributed by atoms with Crippen LogP contribution in [0.25, 0.3) is 10.9 Å². The van der Waals surface area contributed by atoms with Crippen molar-refractivity contribution in [1.29, 1.82) is 0 Å². The topological polar surface area (TPSA) is 30.9 Å². The Bertz CT molecular complexity index is 443. The van der Waals surface area contributed by atoms with Gasteiger partial charge in [0.2, 0.25) is 0 Å². The van der Waals surface area contributed by atoms with Gasteiger partial charge >= 0.3 is 0 Å². The lowest BCUT2D eigenvalue weighted by molar-refractivity contribution is 0.630. The maximum absolute atomic E-state index is 5.50. The van der Waals surface area contributed by atoms with Crippen LogP contribution in [0.1, 0.15) is 18.4 Å². The SMILES string of the molecule is Cc1cccc2c1ccn2CCCCN. The van der Waals surface area contributed by atoms with Gasteiger partial charge in [-0.1, -0.05) is 12.1 Å². The van der Waals surface area contributed by atoms with Crippen LogP contribution in [0.4, 0.5) is 0 Å². The molecule has 0 fully saturated rings. The molecule has 0 aliphatic rings. The lowest BCUT2D eigenvalue weighted by Crippen LogP contribution is -2.02. The van der Waals surface area contributed by atoms with Gasteiger partial charge < -0.3 is 10.3 Å². The summed E-state index contributed by atoms with van der Waals surface area (Å²) < 4.78 is 2.32. The van der Waals surface area contributed by atoms with Crippen LogP contribution >= 0.6 is 0 Å². The zero-order valence-electron chi connectivity index (χ0n) is 9.24. The zero-order valence-corrected chi connectivity index (χ0v) is 9.24. The fourth-order valence-corrected chi connectivity index (χ4v) is 2.00. The molecule has 2 heteroatoms. The second-order valence-corrected chi connectivity index (χ2v) is 4.01. The van der Waals surface area contributed by atoms with Crippen LogP contribution in [0.3, 0.4) is 0 Å². The van der Waals surface area contributed by atoms with Crippen LogP contribution in [-0.4, -0.2) is 11.1 Å². The molecule has 2 aromatic rings. The second kappa shape index (κ2) is 4.49. The summed E-state index contributed by atoms with van der Waals surface area (Å²) in [4.78, 5) is 0. The molecule has 0 bridgehead atoms. The van der Waals surface area contributed by atoms with Crippen LogP contribution in [0.15, 0.2) is 30.5 Å². The van der Waals surface area contributed by atoms with E-state index in [1.54, 1.807) is 0 Å². The van der Waals surface area contributed by atoms with Gasteiger partial charge in [0.1, 0.15) is 0 Å². The Balaban J connectivity index is 2.25. The number of nitrogens with two attached hydrogens (primary N) is 1. The molecule has 0 radical (unpaired) electrons. The number of benzene rings is 1. The van der Waals surface area contributed by atoms with E-state index in [0.29, 0.717) is 0 Å². The third kappa shape index (κ3) is 2.05. The molecule has 0 atom stereocenters. The smallest absolute Gasteiger partial charge is 0.0482 e. The molecule has 0 spiro atoms. The quantitative estimate of drug-likeness (QED) is 0.759. The molecule has 0 aliphatic carbocycles. The molecule has 2 N–H and O–H groups in total. The number of fused-ring (bicyclic) bond motifs is 1. The Hall–Kier alpha value is -1.28. The van der Waals surface area contributed by atoms with Gasteiger partial charge in [-0.15, -0.1) is 0 Å². The first-order valence-electron chi connectivity index (χ1n) is 5.57. The number of unbranched alkanes of at least 4 members (excludes halogenated alkanes) is 1. The summed E-state index contributed by atoms with van der Waals surface area (Å²) >= 11 is 0. The molecule has 0 saturated heterocycles. The molecule has 80 valence electrons. The average Bonchev–Trinajstić information content (AvgIpc) is 2.64. The van der Waals surface area contributed by atoms with Crippen molar-refractivity contribution < 1.29 is 0 Å². The van der Waals surface area contributed by atoms with E-state index in [-0.39, 0.29) is 0 Å². The van der Waals surface area contributed by atoms with Crippen molar-refractivity contribution in [3.63, 3.8) is 0 Å². The molecule has 1 heterocycles. The fraction of sp³-hybridized carbons (Fsp3) is 0.385. The predicted molar refractivity (Wildman–Crippen MR) is 65.0 cm³/mol. The third-order valence-electron chi connectivity index (χ3n) is 2.88. The Morgan fingerprint density at radius 3 is 2.87 bits per heavy atom. The minimum Gasteiger partial charge on any atom is -0.347 e. The molecular formula is C13H18N2. The van der Waals surface area contributed by atoms with Crippen molar-refractivity contribution >= 4 is 10.9 Å². The van der Waals surface area contributed by atoms with Crippen molar-refractivity contribution in [2.75, 3.05) is 6.54 Å². The van der Waals surface area contributed by atoms with Gasteiger partial charge in [-0.05, 0) is 44.0 Å². The molecule has 0 amide bonds. The molecule has 0 unspecified atom stereocenters. The standard InChI is InChI=1S/C13H18N2/c1-11-5-4-6-13-12(11)7-10-15(13)9-3-2-8-14/h4-7,10H,2-3,8-9,14H2,1H3. The number of rotatable bonds is 4. The maximum atomic E-state index is 5.50. The van der Waals surface area contributed by atoms with Gasteiger partial charge in [0.25, 0.3) is 0 Å². The van der Waals surface area contributed by atoms with E-state index >= 15 is 0 Å². The average molecular weight is 202 g/mol. The summed E-state index contributed by atoms with van der Waals surface area (Å²) in [5.74, 6) is 0. The Morgan fingerprint density at radius 1 is 1.20 bits per heavy atom. The summed E-state index contributed by atoms with van der Waals surface area (Å²) in [6, 6.07) is 8.67. The highest BCUT2D eigenvalue weighted by Gasteiger charge is 2.01. The van der Waals surface area contributed by atoms with E-state index in [4.69, 9.17) is 5.73 Å². The molecule has 0 saturated carbocycles. The second-order valence-electron chi connectivity index (χ2n) is 4.01. The fourth-order valence-electron chi connectivity index (χ4n) is 2.00. The summed E-state index contributed by atoms with van der Waals surface area (Å²) in [6.07, 6.45) is 4.44. The highest BCUT2D eigenvalue weighted by Crippen LogP contribution is 2.19. The minimum atomic E-state index is 0.790. The largest absolute Gasteiger partial charge is 0.347 e. The van der Waals surface area contributed by atoms with Crippen molar-refractivity contribution in [2.24, 2.45) is 5.73 Å². The molecule has 15 heavy (non-hydrogen) atoms. The van der Waals surface area contributed by atoms with Crippen LogP contribution in [-0.2, 0) is 6.54 Å². The van der Waals surface area contributed by atoms with E-state index in [2.05, 4.69) is 42.0 Å². The number of hydrogen-bond acceptors (Lipinski definition) is 1. The van der Waals surface area contributed by atoms with Crippen LogP contribution < -0.4 is 5.73 Å². The van der Waals surface area contributed by atoms with Gasteiger partial charge in [0.15, 0.2) is 0 Å². The van der Waals surface area contributed by atoms with Crippen molar-refractivity contribution in [3.8, 4) is 0 Å². The van der Waals surface area contributed by atoms with Gasteiger partial charge in [-0.3, -0.25) is 0 Å². The Labute approximate surface area is 90.7 Å². The zero-order chi connectivity index (χ0) is 10.7. The molecule has 1 aromatic carbocycles. The number of hydrogen-bond donors (Lipinski definition) is 1. The lowest BCUT2D eigenvalue weighted by Gasteiger charge is -2.05. The summed E-state index contributed by atoms with van der Waals surface area (Å²) in [7, 11) is 0. The van der Waals surface area contributed by atoms with E-state index in [0.717, 1.165) is 25.9 Å². The molecule has 0 aliphatic heterocycles. The van der Waals surface area contributed by atoms with Gasteiger partial charge in [-0.25, -0.2) is 0 Å². The molecule has 2 nitrogen and oxygen atoms in total. The first-order valence-corrected chi connectivity index (χ1v) is 5.57. The number of aryl methyl sites for hydroxylation is 2. The molecule has 2 rings (SSSR count). The molecule has 1 aromatic heterocycles. The van der Waals surface area contributed by atoms with E-state index in [1.165, 1.54) is 16.5 Å². The highest BCUT2D eigenvalue weighted by atomic mass is 14.9. The predicted octanol–water partition coefficient (Wildman–Crippen LogP) is 2.69. The third-order valence-corrected chi connectivity index (χ3v) is 2.88. The monoisotopic (exact) mass is 202 g/mol. The first kappa shape index (κ1) is 10.2. The van der Waals surface area contributed by atoms with E-state index < -0.39 is 0 Å². The lowest BCUT2D eigenvalue weighted by atomic mass is 10.1. The summed E-state index contributed by atoms with van der Waals surface area (Å²) in [6.45, 7) is 4.02. The highest BCUT2D eigenvalue weighted by molar-refractivity contribution is 5.83. The van der Waals surface area contributed by atoms with E-state index in [9.17, 15) is 0 Å². The minimum absolute atomic E-state index is 0.790. The molecular weight excluding hydrogens is 184 g/mol. The van der Waals surface area contributed by atoms with Crippen LogP contribution in [0, 0.1) is 6.92 Å². The van der Waals surface area contributed by atoms with Crippen LogP contribution in [0.5, 0.6) is 0 Å². The normalized spacial score (nSPS) is 11.1. The summed E-state index contributed by atoms with van der Waals surface area (Å²) in [5, 5.41) is 1.37. The first-order chi connectivity index (χ1) is 7.33. The van der Waals surface area contributed by atoms with E-state index in [1.807, 2.05) is 0 Å². The van der Waals surface area contributed by atoms with Gasteiger partial charge in [0.05, 0.1) is 0 Å². The van der Waals surface area contributed by atoms with Crippen molar-refractivity contribution in [3.05, 3.63) is 36.0 Å². The van der Waals surface area contributed by atoms with Crippen molar-refractivity contribution in [2.45, 2.75) is 26.3 Å². The number of nitrogens with zero attached hydrogens (tertiary/aromatic N) is 1. The number of aromatic nitrogens is 1. The van der Waals surface area contributed by atoms with Crippen molar-refractivity contribution in [1.82, 2.24) is 4.57 Å². The van der Waals surface area contributed by atoms with Gasteiger partial charge in [0, 0.05) is 23.6 Å². The van der Waals surface area contributed by atoms with Gasteiger partial charge in [-0.2, -0.15) is 0 Å². The summed E-state index contributed by atoms with van der Waals surface area (Å²) in [5.41, 5.74) is 8.19.